The minimum Gasteiger partial charge on any atom is -0.467 e. The molecule has 4 nitrogen and oxygen atoms in total. The van der Waals surface area contributed by atoms with E-state index < -0.39 is 6.04 Å². The van der Waals surface area contributed by atoms with E-state index in [4.69, 9.17) is 4.74 Å². The van der Waals surface area contributed by atoms with Gasteiger partial charge in [-0.1, -0.05) is 31.5 Å². The highest BCUT2D eigenvalue weighted by atomic mass is 32.2. The normalized spacial score (nSPS) is 19.4. The van der Waals surface area contributed by atoms with E-state index in [2.05, 4.69) is 6.92 Å². The van der Waals surface area contributed by atoms with Gasteiger partial charge in [-0.05, 0) is 6.42 Å². The fourth-order valence-corrected chi connectivity index (χ4v) is 3.65. The van der Waals surface area contributed by atoms with Gasteiger partial charge in [0.05, 0.1) is 13.0 Å². The van der Waals surface area contributed by atoms with Gasteiger partial charge in [-0.2, -0.15) is 0 Å². The molecule has 0 aliphatic carbocycles. The van der Waals surface area contributed by atoms with Crippen LogP contribution in [0.4, 0.5) is 4.79 Å². The summed E-state index contributed by atoms with van der Waals surface area (Å²) in [5.41, 5.74) is 0. The molecular formula is C11H19NO3S2. The Kier molecular flexibility index (Phi) is 6.80. The van der Waals surface area contributed by atoms with Gasteiger partial charge in [-0.3, -0.25) is 4.79 Å². The summed E-state index contributed by atoms with van der Waals surface area (Å²) in [5.74, 6) is 1.77. The molecule has 0 aromatic heterocycles. The molecule has 1 aliphatic rings. The number of nitrogens with zero attached hydrogens (tertiary/aromatic N) is 1. The lowest BCUT2D eigenvalue weighted by Crippen LogP contribution is -2.40. The third-order valence-electron chi connectivity index (χ3n) is 2.56. The molecule has 0 unspecified atom stereocenters. The molecule has 98 valence electrons. The third kappa shape index (κ3) is 4.43. The highest BCUT2D eigenvalue weighted by molar-refractivity contribution is 8.13. The van der Waals surface area contributed by atoms with Crippen LogP contribution in [0.2, 0.25) is 0 Å². The average Bonchev–Trinajstić information content (AvgIpc) is 2.82. The number of carbonyl (C=O) groups excluding carboxylic acids is 2. The second-order valence-corrected chi connectivity index (χ2v) is 5.88. The second kappa shape index (κ2) is 7.87. The van der Waals surface area contributed by atoms with Gasteiger partial charge in [0.25, 0.3) is 5.24 Å². The van der Waals surface area contributed by atoms with Crippen LogP contribution in [0, 0.1) is 0 Å². The highest BCUT2D eigenvalue weighted by Gasteiger charge is 2.35. The van der Waals surface area contributed by atoms with E-state index in [1.807, 2.05) is 0 Å². The fourth-order valence-electron chi connectivity index (χ4n) is 1.55. The van der Waals surface area contributed by atoms with Crippen molar-refractivity contribution in [2.24, 2.45) is 0 Å². The maximum absolute atomic E-state index is 11.9. The largest absolute Gasteiger partial charge is 0.467 e. The van der Waals surface area contributed by atoms with Gasteiger partial charge in [-0.15, -0.1) is 11.8 Å². The summed E-state index contributed by atoms with van der Waals surface area (Å²) < 4.78 is 4.70. The van der Waals surface area contributed by atoms with Crippen molar-refractivity contribution in [3.05, 3.63) is 0 Å². The highest BCUT2D eigenvalue weighted by Crippen LogP contribution is 2.26. The monoisotopic (exact) mass is 277 g/mol. The summed E-state index contributed by atoms with van der Waals surface area (Å²) in [6.45, 7) is 2.14. The van der Waals surface area contributed by atoms with Crippen molar-refractivity contribution in [2.45, 2.75) is 32.2 Å². The van der Waals surface area contributed by atoms with Gasteiger partial charge < -0.3 is 9.64 Å². The first-order chi connectivity index (χ1) is 8.20. The minimum absolute atomic E-state index is 0.00139. The zero-order valence-corrected chi connectivity index (χ0v) is 11.9. The van der Waals surface area contributed by atoms with Crippen LogP contribution < -0.4 is 0 Å². The molecule has 1 fully saturated rings. The van der Waals surface area contributed by atoms with Crippen molar-refractivity contribution in [1.29, 1.82) is 0 Å². The van der Waals surface area contributed by atoms with E-state index >= 15 is 0 Å². The van der Waals surface area contributed by atoms with E-state index in [9.17, 15) is 9.59 Å². The van der Waals surface area contributed by atoms with E-state index in [1.165, 1.54) is 18.9 Å². The maximum atomic E-state index is 11.9. The number of thioether (sulfide) groups is 2. The molecule has 0 spiro atoms. The molecule has 17 heavy (non-hydrogen) atoms. The molecule has 1 aliphatic heterocycles. The smallest absolute Gasteiger partial charge is 0.329 e. The first-order valence-electron chi connectivity index (χ1n) is 5.79. The summed E-state index contributed by atoms with van der Waals surface area (Å²) >= 11 is 2.91. The van der Waals surface area contributed by atoms with Crippen LogP contribution in [-0.4, -0.2) is 46.6 Å². The van der Waals surface area contributed by atoms with Crippen LogP contribution in [0.1, 0.15) is 26.2 Å². The third-order valence-corrected chi connectivity index (χ3v) is 4.55. The van der Waals surface area contributed by atoms with Gasteiger partial charge in [0.15, 0.2) is 0 Å². The Hall–Kier alpha value is -0.360. The van der Waals surface area contributed by atoms with Crippen molar-refractivity contribution in [2.75, 3.05) is 24.5 Å². The topological polar surface area (TPSA) is 46.6 Å². The summed E-state index contributed by atoms with van der Waals surface area (Å²) in [4.78, 5) is 25.0. The summed E-state index contributed by atoms with van der Waals surface area (Å²) in [6, 6.07) is -0.392. The standard InChI is InChI=1S/C11H19NO3S2/c1-3-4-5-6-17-11(14)12-8-16-7-9(12)10(13)15-2/h9H,3-8H2,1-2H3/t9-/m0/s1. The Morgan fingerprint density at radius 2 is 2.24 bits per heavy atom. The fraction of sp³-hybridized carbons (Fsp3) is 0.818. The number of amides is 1. The first kappa shape index (κ1) is 14.7. The predicted molar refractivity (Wildman–Crippen MR) is 72.3 cm³/mol. The molecule has 0 radical (unpaired) electrons. The lowest BCUT2D eigenvalue weighted by Gasteiger charge is -2.20. The second-order valence-electron chi connectivity index (χ2n) is 3.83. The lowest BCUT2D eigenvalue weighted by molar-refractivity contribution is -0.144. The van der Waals surface area contributed by atoms with Crippen molar-refractivity contribution in [3.63, 3.8) is 0 Å². The van der Waals surface area contributed by atoms with Gasteiger partial charge >= 0.3 is 5.97 Å². The number of methoxy groups -OCH3 is 1. The van der Waals surface area contributed by atoms with Crippen LogP contribution in [0.15, 0.2) is 0 Å². The molecule has 0 N–H and O–H groups in total. The van der Waals surface area contributed by atoms with Gasteiger partial charge in [0.1, 0.15) is 6.04 Å². The number of hydrogen-bond acceptors (Lipinski definition) is 5. The Bertz CT molecular complexity index is 273. The van der Waals surface area contributed by atoms with Crippen molar-refractivity contribution >= 4 is 34.7 Å². The van der Waals surface area contributed by atoms with E-state index in [-0.39, 0.29) is 11.2 Å². The summed E-state index contributed by atoms with van der Waals surface area (Å²) in [6.07, 6.45) is 3.35. The van der Waals surface area contributed by atoms with E-state index in [1.54, 1.807) is 16.7 Å². The molecule has 1 rings (SSSR count). The molecule has 0 aromatic rings. The molecular weight excluding hydrogens is 258 g/mol. The number of esters is 1. The number of rotatable bonds is 5. The van der Waals surface area contributed by atoms with Crippen LogP contribution in [0.25, 0.3) is 0 Å². The van der Waals surface area contributed by atoms with Crippen LogP contribution in [-0.2, 0) is 9.53 Å². The van der Waals surface area contributed by atoms with Crippen molar-refractivity contribution in [3.8, 4) is 0 Å². The van der Waals surface area contributed by atoms with Crippen LogP contribution in [0.5, 0.6) is 0 Å². The first-order valence-corrected chi connectivity index (χ1v) is 7.93. The van der Waals surface area contributed by atoms with Crippen molar-refractivity contribution < 1.29 is 14.3 Å². The SMILES string of the molecule is CCCCCSC(=O)N1CSC[C@H]1C(=O)OC. The Morgan fingerprint density at radius 1 is 1.47 bits per heavy atom. The zero-order chi connectivity index (χ0) is 12.7. The predicted octanol–water partition coefficient (Wildman–Crippen LogP) is 2.58. The summed E-state index contributed by atoms with van der Waals surface area (Å²) in [5, 5.41) is 0.00139. The molecule has 0 saturated carbocycles. The molecule has 6 heteroatoms. The van der Waals surface area contributed by atoms with E-state index in [0.29, 0.717) is 11.6 Å². The molecule has 1 amide bonds. The quantitative estimate of drug-likeness (QED) is 0.571. The van der Waals surface area contributed by atoms with Crippen LogP contribution in [0.3, 0.4) is 0 Å². The minimum atomic E-state index is -0.392. The molecule has 1 atom stereocenters. The Morgan fingerprint density at radius 3 is 2.88 bits per heavy atom. The van der Waals surface area contributed by atoms with Crippen molar-refractivity contribution in [1.82, 2.24) is 4.90 Å². The lowest BCUT2D eigenvalue weighted by atomic mass is 10.3. The number of unbranched alkanes of at least 4 members (excludes halogenated alkanes) is 2. The summed E-state index contributed by atoms with van der Waals surface area (Å²) in [7, 11) is 1.36. The number of carbonyl (C=O) groups is 2. The number of hydrogen-bond donors (Lipinski definition) is 0. The zero-order valence-electron chi connectivity index (χ0n) is 10.3. The van der Waals surface area contributed by atoms with E-state index in [0.717, 1.165) is 25.0 Å². The maximum Gasteiger partial charge on any atom is 0.329 e. The van der Waals surface area contributed by atoms with Gasteiger partial charge in [0.2, 0.25) is 0 Å². The Balaban J connectivity index is 2.37. The van der Waals surface area contributed by atoms with Crippen LogP contribution >= 0.6 is 23.5 Å². The molecule has 1 saturated heterocycles. The van der Waals surface area contributed by atoms with Gasteiger partial charge in [-0.25, -0.2) is 4.79 Å². The van der Waals surface area contributed by atoms with Gasteiger partial charge in [0, 0.05) is 11.5 Å². The molecule has 0 aromatic carbocycles. The molecule has 0 bridgehead atoms. The molecule has 1 heterocycles. The average molecular weight is 277 g/mol. The number of ether oxygens (including phenoxy) is 1. The Labute approximate surface area is 111 Å².